The van der Waals surface area contributed by atoms with Crippen molar-refractivity contribution in [3.8, 4) is 17.6 Å². The fourth-order valence-electron chi connectivity index (χ4n) is 1.39. The first-order valence-corrected chi connectivity index (χ1v) is 6.52. The van der Waals surface area contributed by atoms with Crippen LogP contribution in [-0.4, -0.2) is 29.1 Å². The summed E-state index contributed by atoms with van der Waals surface area (Å²) in [5, 5.41) is 8.84. The van der Waals surface area contributed by atoms with Gasteiger partial charge in [-0.3, -0.25) is 9.59 Å². The highest BCUT2D eigenvalue weighted by Gasteiger charge is 2.06. The quantitative estimate of drug-likeness (QED) is 0.853. The van der Waals surface area contributed by atoms with Crippen LogP contribution in [0.3, 0.4) is 0 Å². The van der Waals surface area contributed by atoms with E-state index in [1.165, 1.54) is 14.0 Å². The fraction of sp³-hybridized carbons (Fsp3) is 0.286. The van der Waals surface area contributed by atoms with E-state index in [1.807, 2.05) is 0 Å². The second kappa shape index (κ2) is 7.49. The average Bonchev–Trinajstić information content (AvgIpc) is 2.35. The molecular formula is C14H14O4S. The highest BCUT2D eigenvalue weighted by Crippen LogP contribution is 2.17. The molecule has 0 radical (unpaired) electrons. The number of ether oxygens (including phenoxy) is 1. The van der Waals surface area contributed by atoms with E-state index in [9.17, 15) is 9.59 Å². The molecule has 0 aliphatic rings. The summed E-state index contributed by atoms with van der Waals surface area (Å²) in [6.07, 6.45) is -0.0894. The summed E-state index contributed by atoms with van der Waals surface area (Å²) in [6, 6.07) is 5.09. The molecule has 0 amide bonds. The molecular weight excluding hydrogens is 264 g/mol. The molecule has 0 saturated carbocycles. The van der Waals surface area contributed by atoms with E-state index >= 15 is 0 Å². The van der Waals surface area contributed by atoms with Gasteiger partial charge >= 0.3 is 5.97 Å². The van der Waals surface area contributed by atoms with Gasteiger partial charge in [0, 0.05) is 12.5 Å². The van der Waals surface area contributed by atoms with Crippen LogP contribution in [0.2, 0.25) is 0 Å². The first kappa shape index (κ1) is 15.1. The third-order valence-electron chi connectivity index (χ3n) is 2.23. The first-order valence-electron chi connectivity index (χ1n) is 5.54. The Morgan fingerprint density at radius 2 is 2.16 bits per heavy atom. The van der Waals surface area contributed by atoms with Crippen molar-refractivity contribution in [1.82, 2.24) is 0 Å². The van der Waals surface area contributed by atoms with Crippen LogP contribution in [0, 0.1) is 11.8 Å². The number of thioether (sulfide) groups is 1. The van der Waals surface area contributed by atoms with Crippen molar-refractivity contribution in [2.45, 2.75) is 13.3 Å². The molecule has 1 N–H and O–H groups in total. The average molecular weight is 278 g/mol. The van der Waals surface area contributed by atoms with Crippen LogP contribution in [0.5, 0.6) is 5.75 Å². The van der Waals surface area contributed by atoms with Crippen molar-refractivity contribution in [1.29, 1.82) is 0 Å². The van der Waals surface area contributed by atoms with Gasteiger partial charge < -0.3 is 9.84 Å². The lowest BCUT2D eigenvalue weighted by atomic mass is 10.0. The normalized spacial score (nSPS) is 9.37. The molecule has 0 heterocycles. The van der Waals surface area contributed by atoms with Gasteiger partial charge in [0.05, 0.1) is 19.3 Å². The number of hydrogen-bond donors (Lipinski definition) is 1. The zero-order valence-electron chi connectivity index (χ0n) is 10.7. The zero-order valence-corrected chi connectivity index (χ0v) is 11.5. The van der Waals surface area contributed by atoms with Crippen LogP contribution in [-0.2, 0) is 16.0 Å². The lowest BCUT2D eigenvalue weighted by Gasteiger charge is -2.05. The summed E-state index contributed by atoms with van der Waals surface area (Å²) in [4.78, 5) is 21.5. The predicted octanol–water partition coefficient (Wildman–Crippen LogP) is 1.95. The molecule has 0 aromatic heterocycles. The molecule has 0 atom stereocenters. The Bertz CT molecular complexity index is 540. The molecule has 0 unspecified atom stereocenters. The van der Waals surface area contributed by atoms with Gasteiger partial charge in [0.1, 0.15) is 5.75 Å². The fourth-order valence-corrected chi connectivity index (χ4v) is 1.73. The summed E-state index contributed by atoms with van der Waals surface area (Å²) >= 11 is 1.12. The number of carboxylic acid groups (broad SMARTS) is 1. The molecule has 1 aromatic carbocycles. The largest absolute Gasteiger partial charge is 0.497 e. The Kier molecular flexibility index (Phi) is 5.97. The zero-order chi connectivity index (χ0) is 14.3. The van der Waals surface area contributed by atoms with E-state index in [1.54, 1.807) is 18.2 Å². The van der Waals surface area contributed by atoms with Crippen molar-refractivity contribution in [3.63, 3.8) is 0 Å². The van der Waals surface area contributed by atoms with Crippen LogP contribution in [0.4, 0.5) is 0 Å². The molecule has 4 nitrogen and oxygen atoms in total. The van der Waals surface area contributed by atoms with E-state index in [0.717, 1.165) is 11.8 Å². The van der Waals surface area contributed by atoms with E-state index < -0.39 is 5.97 Å². The van der Waals surface area contributed by atoms with Crippen LogP contribution in [0.1, 0.15) is 18.1 Å². The lowest BCUT2D eigenvalue weighted by molar-refractivity contribution is -0.136. The highest BCUT2D eigenvalue weighted by atomic mass is 32.2. The van der Waals surface area contributed by atoms with Crippen molar-refractivity contribution < 1.29 is 19.4 Å². The number of carbonyl (C=O) groups is 2. The predicted molar refractivity (Wildman–Crippen MR) is 74.4 cm³/mol. The molecule has 0 spiro atoms. The molecule has 100 valence electrons. The monoisotopic (exact) mass is 278 g/mol. The van der Waals surface area contributed by atoms with Crippen LogP contribution < -0.4 is 4.74 Å². The second-order valence-corrected chi connectivity index (χ2v) is 4.83. The topological polar surface area (TPSA) is 63.6 Å². The summed E-state index contributed by atoms with van der Waals surface area (Å²) in [7, 11) is 1.54. The number of methoxy groups -OCH3 is 1. The minimum Gasteiger partial charge on any atom is -0.497 e. The Morgan fingerprint density at radius 3 is 2.74 bits per heavy atom. The number of rotatable bonds is 4. The lowest BCUT2D eigenvalue weighted by Crippen LogP contribution is -2.02. The summed E-state index contributed by atoms with van der Waals surface area (Å²) < 4.78 is 5.08. The number of hydrogen-bond acceptors (Lipinski definition) is 4. The van der Waals surface area contributed by atoms with Gasteiger partial charge in [0.15, 0.2) is 5.12 Å². The first-order chi connectivity index (χ1) is 9.02. The Labute approximate surface area is 116 Å². The Morgan fingerprint density at radius 1 is 1.42 bits per heavy atom. The summed E-state index contributed by atoms with van der Waals surface area (Å²) in [5.41, 5.74) is 1.25. The van der Waals surface area contributed by atoms with Crippen LogP contribution in [0.15, 0.2) is 18.2 Å². The van der Waals surface area contributed by atoms with Crippen LogP contribution in [0.25, 0.3) is 0 Å². The Hall–Kier alpha value is -1.93. The van der Waals surface area contributed by atoms with E-state index in [-0.39, 0.29) is 11.5 Å². The molecule has 0 aliphatic heterocycles. The number of carbonyl (C=O) groups excluding carboxylic acids is 1. The number of aliphatic carboxylic acids is 1. The molecule has 1 aromatic rings. The maximum absolute atomic E-state index is 10.8. The highest BCUT2D eigenvalue weighted by molar-refractivity contribution is 8.13. The standard InChI is InChI=1S/C14H14O4S/c1-10(15)19-7-3-4-11-8-13(18-2)6-5-12(11)9-14(16)17/h5-6,8H,7,9H2,1-2H3,(H,16,17). The molecule has 0 saturated heterocycles. The molecule has 0 fully saturated rings. The van der Waals surface area contributed by atoms with Crippen molar-refractivity contribution in [2.75, 3.05) is 12.9 Å². The van der Waals surface area contributed by atoms with Gasteiger partial charge in [-0.05, 0) is 17.7 Å². The third kappa shape index (κ3) is 5.49. The van der Waals surface area contributed by atoms with Crippen molar-refractivity contribution in [2.24, 2.45) is 0 Å². The smallest absolute Gasteiger partial charge is 0.307 e. The second-order valence-electron chi connectivity index (χ2n) is 3.68. The molecule has 0 bridgehead atoms. The molecule has 0 aliphatic carbocycles. The SMILES string of the molecule is COc1ccc(CC(=O)O)c(C#CCSC(C)=O)c1. The van der Waals surface area contributed by atoms with Gasteiger partial charge in [0.2, 0.25) is 0 Å². The van der Waals surface area contributed by atoms with E-state index in [0.29, 0.717) is 22.6 Å². The maximum Gasteiger partial charge on any atom is 0.307 e. The van der Waals surface area contributed by atoms with E-state index in [4.69, 9.17) is 9.84 Å². The van der Waals surface area contributed by atoms with Crippen LogP contribution >= 0.6 is 11.8 Å². The maximum atomic E-state index is 10.8. The molecule has 5 heteroatoms. The van der Waals surface area contributed by atoms with Gasteiger partial charge in [-0.25, -0.2) is 0 Å². The summed E-state index contributed by atoms with van der Waals surface area (Å²) in [6.45, 7) is 1.48. The molecule has 19 heavy (non-hydrogen) atoms. The minimum atomic E-state index is -0.911. The van der Waals surface area contributed by atoms with E-state index in [2.05, 4.69) is 11.8 Å². The summed E-state index contributed by atoms with van der Waals surface area (Å²) in [5.74, 6) is 5.82. The van der Waals surface area contributed by atoms with Gasteiger partial charge in [0.25, 0.3) is 0 Å². The molecule has 1 rings (SSSR count). The van der Waals surface area contributed by atoms with Crippen molar-refractivity contribution >= 4 is 22.8 Å². The minimum absolute atomic E-state index is 0.00528. The Balaban J connectivity index is 2.93. The number of benzene rings is 1. The van der Waals surface area contributed by atoms with Gasteiger partial charge in [-0.15, -0.1) is 0 Å². The number of carboxylic acids is 1. The van der Waals surface area contributed by atoms with Gasteiger partial charge in [-0.2, -0.15) is 0 Å². The third-order valence-corrected chi connectivity index (χ3v) is 2.92. The van der Waals surface area contributed by atoms with Gasteiger partial charge in [-0.1, -0.05) is 29.7 Å². The van der Waals surface area contributed by atoms with Crippen molar-refractivity contribution in [3.05, 3.63) is 29.3 Å².